The number of carbonyl (C=O) groups excluding carboxylic acids is 2. The highest BCUT2D eigenvalue weighted by Crippen LogP contribution is 2.18. The van der Waals surface area contributed by atoms with E-state index in [2.05, 4.69) is 15.0 Å². The van der Waals surface area contributed by atoms with E-state index in [1.807, 2.05) is 13.8 Å². The molecule has 2 aromatic rings. The minimum Gasteiger partial charge on any atom is -0.475 e. The summed E-state index contributed by atoms with van der Waals surface area (Å²) < 4.78 is 23.8. The van der Waals surface area contributed by atoms with E-state index in [9.17, 15) is 14.0 Å². The normalized spacial score (nSPS) is 10.4. The van der Waals surface area contributed by atoms with Crippen LogP contribution >= 0.6 is 0 Å². The van der Waals surface area contributed by atoms with Crippen LogP contribution in [-0.2, 0) is 4.74 Å². The Bertz CT molecular complexity index is 745. The van der Waals surface area contributed by atoms with Gasteiger partial charge in [-0.05, 0) is 38.1 Å². The van der Waals surface area contributed by atoms with E-state index >= 15 is 0 Å². The molecule has 0 fully saturated rings. The number of methoxy groups -OCH3 is 1. The van der Waals surface area contributed by atoms with Gasteiger partial charge in [-0.2, -0.15) is 0 Å². The molecule has 24 heavy (non-hydrogen) atoms. The van der Waals surface area contributed by atoms with Gasteiger partial charge in [0.15, 0.2) is 0 Å². The molecule has 0 atom stereocenters. The van der Waals surface area contributed by atoms with E-state index in [1.165, 1.54) is 31.5 Å². The molecular formula is C17H17FN2O4. The van der Waals surface area contributed by atoms with Crippen molar-refractivity contribution in [3.8, 4) is 5.88 Å². The molecule has 0 saturated carbocycles. The number of hydrogen-bond donors (Lipinski definition) is 1. The van der Waals surface area contributed by atoms with Crippen molar-refractivity contribution in [2.45, 2.75) is 20.0 Å². The first-order valence-electron chi connectivity index (χ1n) is 7.22. The van der Waals surface area contributed by atoms with Crippen LogP contribution in [-0.4, -0.2) is 30.1 Å². The summed E-state index contributed by atoms with van der Waals surface area (Å²) in [5.74, 6) is -1.45. The van der Waals surface area contributed by atoms with E-state index in [4.69, 9.17) is 4.74 Å². The van der Waals surface area contributed by atoms with Gasteiger partial charge in [0.2, 0.25) is 5.88 Å². The van der Waals surface area contributed by atoms with Crippen molar-refractivity contribution in [2.24, 2.45) is 0 Å². The van der Waals surface area contributed by atoms with Crippen LogP contribution in [0.1, 0.15) is 34.6 Å². The van der Waals surface area contributed by atoms with Gasteiger partial charge in [-0.3, -0.25) is 4.79 Å². The molecule has 1 heterocycles. The third-order valence-corrected chi connectivity index (χ3v) is 2.99. The Hall–Kier alpha value is -2.96. The van der Waals surface area contributed by atoms with Crippen molar-refractivity contribution < 1.29 is 23.5 Å². The average molecular weight is 332 g/mol. The van der Waals surface area contributed by atoms with E-state index in [0.717, 1.165) is 6.07 Å². The number of nitrogens with one attached hydrogen (secondary N) is 1. The number of benzene rings is 1. The maximum Gasteiger partial charge on any atom is 0.337 e. The molecule has 126 valence electrons. The second kappa shape index (κ2) is 7.54. The molecule has 0 radical (unpaired) electrons. The Labute approximate surface area is 138 Å². The smallest absolute Gasteiger partial charge is 0.337 e. The highest BCUT2D eigenvalue weighted by molar-refractivity contribution is 6.04. The highest BCUT2D eigenvalue weighted by atomic mass is 19.1. The van der Waals surface area contributed by atoms with E-state index in [0.29, 0.717) is 5.88 Å². The largest absolute Gasteiger partial charge is 0.475 e. The van der Waals surface area contributed by atoms with Gasteiger partial charge in [0.1, 0.15) is 5.82 Å². The topological polar surface area (TPSA) is 77.5 Å². The first-order valence-corrected chi connectivity index (χ1v) is 7.22. The van der Waals surface area contributed by atoms with Crippen molar-refractivity contribution >= 4 is 17.6 Å². The number of esters is 1. The Morgan fingerprint density at radius 2 is 1.88 bits per heavy atom. The monoisotopic (exact) mass is 332 g/mol. The van der Waals surface area contributed by atoms with Crippen LogP contribution in [0, 0.1) is 5.82 Å². The lowest BCUT2D eigenvalue weighted by atomic mass is 10.2. The summed E-state index contributed by atoms with van der Waals surface area (Å²) in [5, 5.41) is 2.40. The molecule has 2 rings (SSSR count). The fraction of sp³-hybridized carbons (Fsp3) is 0.235. The molecule has 1 N–H and O–H groups in total. The van der Waals surface area contributed by atoms with Crippen LogP contribution in [0.4, 0.5) is 10.1 Å². The van der Waals surface area contributed by atoms with Crippen LogP contribution < -0.4 is 10.1 Å². The minimum atomic E-state index is -0.663. The number of nitrogens with zero attached hydrogens (tertiary/aromatic N) is 1. The third-order valence-electron chi connectivity index (χ3n) is 2.99. The number of anilines is 1. The molecule has 0 aliphatic heterocycles. The highest BCUT2D eigenvalue weighted by Gasteiger charge is 2.14. The number of halogens is 1. The second-order valence-electron chi connectivity index (χ2n) is 5.19. The van der Waals surface area contributed by atoms with Gasteiger partial charge in [0, 0.05) is 12.3 Å². The molecule has 1 aromatic heterocycles. The van der Waals surface area contributed by atoms with Crippen LogP contribution in [0.3, 0.4) is 0 Å². The van der Waals surface area contributed by atoms with Crippen LogP contribution in [0.15, 0.2) is 36.5 Å². The third kappa shape index (κ3) is 4.28. The fourth-order valence-corrected chi connectivity index (χ4v) is 1.89. The van der Waals surface area contributed by atoms with Gasteiger partial charge in [-0.25, -0.2) is 14.2 Å². The van der Waals surface area contributed by atoms with Gasteiger partial charge >= 0.3 is 5.97 Å². The summed E-state index contributed by atoms with van der Waals surface area (Å²) in [4.78, 5) is 27.7. The Morgan fingerprint density at radius 3 is 2.46 bits per heavy atom. The lowest BCUT2D eigenvalue weighted by molar-refractivity contribution is 0.0600. The van der Waals surface area contributed by atoms with E-state index in [1.54, 1.807) is 6.07 Å². The quantitative estimate of drug-likeness (QED) is 0.852. The second-order valence-corrected chi connectivity index (χ2v) is 5.19. The van der Waals surface area contributed by atoms with Gasteiger partial charge in [0.25, 0.3) is 5.91 Å². The number of hydrogen-bond acceptors (Lipinski definition) is 5. The van der Waals surface area contributed by atoms with E-state index in [-0.39, 0.29) is 22.9 Å². The van der Waals surface area contributed by atoms with Crippen molar-refractivity contribution in [1.82, 2.24) is 4.98 Å². The number of aromatic nitrogens is 1. The van der Waals surface area contributed by atoms with Gasteiger partial charge in [-0.1, -0.05) is 0 Å². The molecule has 6 nitrogen and oxygen atoms in total. The number of pyridine rings is 1. The lowest BCUT2D eigenvalue weighted by Gasteiger charge is -2.10. The molecule has 0 aliphatic rings. The van der Waals surface area contributed by atoms with Gasteiger partial charge in [-0.15, -0.1) is 0 Å². The summed E-state index contributed by atoms with van der Waals surface area (Å²) in [6.07, 6.45) is 1.29. The average Bonchev–Trinajstić information content (AvgIpc) is 2.56. The van der Waals surface area contributed by atoms with Gasteiger partial charge < -0.3 is 14.8 Å². The number of amides is 1. The van der Waals surface area contributed by atoms with Crippen molar-refractivity contribution in [2.75, 3.05) is 12.4 Å². The first-order chi connectivity index (χ1) is 11.4. The molecule has 0 bridgehead atoms. The first kappa shape index (κ1) is 17.4. The van der Waals surface area contributed by atoms with Crippen LogP contribution in [0.5, 0.6) is 5.88 Å². The van der Waals surface area contributed by atoms with Crippen molar-refractivity contribution in [1.29, 1.82) is 0 Å². The number of carbonyl (C=O) groups is 2. The maximum atomic E-state index is 13.8. The van der Waals surface area contributed by atoms with E-state index < -0.39 is 17.7 Å². The van der Waals surface area contributed by atoms with Crippen LogP contribution in [0.25, 0.3) is 0 Å². The predicted octanol–water partition coefficient (Wildman–Crippen LogP) is 3.05. The molecule has 0 spiro atoms. The van der Waals surface area contributed by atoms with Crippen LogP contribution in [0.2, 0.25) is 0 Å². The molecule has 0 saturated heterocycles. The summed E-state index contributed by atoms with van der Waals surface area (Å²) in [7, 11) is 1.22. The molecule has 7 heteroatoms. The molecular weight excluding hydrogens is 315 g/mol. The maximum absolute atomic E-state index is 13.8. The van der Waals surface area contributed by atoms with Crippen molar-refractivity contribution in [3.63, 3.8) is 0 Å². The van der Waals surface area contributed by atoms with Crippen molar-refractivity contribution in [3.05, 3.63) is 53.5 Å². The predicted molar refractivity (Wildman–Crippen MR) is 85.7 cm³/mol. The Morgan fingerprint density at radius 1 is 1.17 bits per heavy atom. The summed E-state index contributed by atoms with van der Waals surface area (Å²) >= 11 is 0. The standard InChI is InChI=1S/C17H17FN2O4/c1-10(2)24-15-7-5-12(9-19-15)16(21)20-14-8-11(17(22)23-3)4-6-13(14)18/h4-10H,1-3H3,(H,20,21). The molecule has 0 aliphatic carbocycles. The molecule has 0 unspecified atom stereocenters. The zero-order valence-corrected chi connectivity index (χ0v) is 13.5. The zero-order valence-electron chi connectivity index (χ0n) is 13.5. The Kier molecular flexibility index (Phi) is 5.47. The fourth-order valence-electron chi connectivity index (χ4n) is 1.89. The Balaban J connectivity index is 2.15. The SMILES string of the molecule is COC(=O)c1ccc(F)c(NC(=O)c2ccc(OC(C)C)nc2)c1. The summed E-state index contributed by atoms with van der Waals surface area (Å²) in [6, 6.07) is 6.64. The van der Waals surface area contributed by atoms with Gasteiger partial charge in [0.05, 0.1) is 30.0 Å². The lowest BCUT2D eigenvalue weighted by Crippen LogP contribution is -2.14. The summed E-state index contributed by atoms with van der Waals surface area (Å²) in [5.41, 5.74) is 0.243. The zero-order chi connectivity index (χ0) is 17.7. The minimum absolute atomic E-state index is 0.0349. The molecule has 1 aromatic carbocycles. The molecule has 1 amide bonds. The number of ether oxygens (including phenoxy) is 2. The number of rotatable bonds is 5. The summed E-state index contributed by atoms with van der Waals surface area (Å²) in [6.45, 7) is 3.72.